The maximum Gasteiger partial charge on any atom is 0.164 e. The van der Waals surface area contributed by atoms with Crippen LogP contribution in [-0.2, 0) is 0 Å². The summed E-state index contributed by atoms with van der Waals surface area (Å²) in [5, 5.41) is 11.9. The van der Waals surface area contributed by atoms with Crippen molar-refractivity contribution in [1.82, 2.24) is 15.0 Å². The first-order valence-corrected chi connectivity index (χ1v) is 19.6. The minimum absolute atomic E-state index is 0.618. The predicted octanol–water partition coefficient (Wildman–Crippen LogP) is 14.3. The number of hydrogen-bond donors (Lipinski definition) is 0. The smallest absolute Gasteiger partial charge is 0.164 e. The lowest BCUT2D eigenvalue weighted by Gasteiger charge is -2.14. The fourth-order valence-electron chi connectivity index (χ4n) is 8.51. The van der Waals surface area contributed by atoms with E-state index >= 15 is 0 Å². The van der Waals surface area contributed by atoms with Crippen molar-refractivity contribution in [2.45, 2.75) is 0 Å². The first kappa shape index (κ1) is 31.2. The van der Waals surface area contributed by atoms with Gasteiger partial charge >= 0.3 is 0 Å². The summed E-state index contributed by atoms with van der Waals surface area (Å²) in [4.78, 5) is 15.5. The van der Waals surface area contributed by atoms with Crippen LogP contribution in [-0.4, -0.2) is 15.0 Å². The second-order valence-electron chi connectivity index (χ2n) is 14.3. The molecule has 0 bridgehead atoms. The molecule has 0 radical (unpaired) electrons. The third-order valence-corrected chi connectivity index (χ3v) is 12.2. The van der Waals surface area contributed by atoms with Crippen LogP contribution in [0.2, 0.25) is 0 Å². The molecule has 0 atom stereocenters. The molecule has 3 aromatic heterocycles. The van der Waals surface area contributed by atoms with Crippen molar-refractivity contribution in [3.8, 4) is 45.3 Å². The molecular formula is C51H29N3OS. The molecule has 12 rings (SSSR count). The zero-order valence-corrected chi connectivity index (χ0v) is 30.7. The Morgan fingerprint density at radius 3 is 1.95 bits per heavy atom. The Morgan fingerprint density at radius 2 is 1.05 bits per heavy atom. The Morgan fingerprint density at radius 1 is 0.357 bits per heavy atom. The standard InChI is InChI=1S/C51H29N3OS/c1-2-12-31(13-3-1)49-52-50(34-22-25-44-41(29-34)37-17-8-9-19-43(37)55-44)54-51(53-49)39-18-10-20-46-48(39)42-28-33(23-26-45(42)56-46)47-36-16-7-5-14-32(36)27-40-35-15-6-4-11-30(35)21-24-38(40)47/h1-29H. The second kappa shape index (κ2) is 12.2. The van der Waals surface area contributed by atoms with Crippen LogP contribution in [0.25, 0.3) is 120 Å². The van der Waals surface area contributed by atoms with Crippen LogP contribution in [0.1, 0.15) is 0 Å². The normalized spacial score (nSPS) is 11.9. The largest absolute Gasteiger partial charge is 0.456 e. The number of furan rings is 1. The number of hydrogen-bond acceptors (Lipinski definition) is 5. The lowest BCUT2D eigenvalue weighted by Crippen LogP contribution is -2.00. The van der Waals surface area contributed by atoms with Crippen molar-refractivity contribution in [1.29, 1.82) is 0 Å². The van der Waals surface area contributed by atoms with Crippen LogP contribution in [0.5, 0.6) is 0 Å². The van der Waals surface area contributed by atoms with Gasteiger partial charge in [0.05, 0.1) is 0 Å². The van der Waals surface area contributed by atoms with Crippen LogP contribution < -0.4 is 0 Å². The minimum atomic E-state index is 0.618. The Labute approximate surface area is 325 Å². The minimum Gasteiger partial charge on any atom is -0.456 e. The van der Waals surface area contributed by atoms with E-state index in [1.165, 1.54) is 58.2 Å². The third kappa shape index (κ3) is 4.81. The van der Waals surface area contributed by atoms with Crippen LogP contribution in [0.3, 0.4) is 0 Å². The van der Waals surface area contributed by atoms with Gasteiger partial charge in [-0.2, -0.15) is 0 Å². The first-order chi connectivity index (χ1) is 27.7. The molecule has 0 aliphatic heterocycles. The van der Waals surface area contributed by atoms with E-state index in [9.17, 15) is 0 Å². The molecule has 0 amide bonds. The van der Waals surface area contributed by atoms with E-state index in [4.69, 9.17) is 19.4 Å². The van der Waals surface area contributed by atoms with Gasteiger partial charge in [0.2, 0.25) is 0 Å². The number of aromatic nitrogens is 3. The highest BCUT2D eigenvalue weighted by atomic mass is 32.1. The molecule has 56 heavy (non-hydrogen) atoms. The molecule has 0 aliphatic carbocycles. The lowest BCUT2D eigenvalue weighted by molar-refractivity contribution is 0.669. The van der Waals surface area contributed by atoms with Crippen molar-refractivity contribution in [2.75, 3.05) is 0 Å². The van der Waals surface area contributed by atoms with Crippen molar-refractivity contribution >= 4 is 85.8 Å². The van der Waals surface area contributed by atoms with Crippen molar-refractivity contribution in [3.63, 3.8) is 0 Å². The van der Waals surface area contributed by atoms with E-state index in [1.54, 1.807) is 11.3 Å². The fraction of sp³-hybridized carbons (Fsp3) is 0. The molecule has 5 heteroatoms. The summed E-state index contributed by atoms with van der Waals surface area (Å²) in [7, 11) is 0. The fourth-order valence-corrected chi connectivity index (χ4v) is 9.62. The molecule has 0 aliphatic rings. The highest BCUT2D eigenvalue weighted by molar-refractivity contribution is 7.26. The van der Waals surface area contributed by atoms with E-state index < -0.39 is 0 Å². The van der Waals surface area contributed by atoms with E-state index in [1.807, 2.05) is 48.5 Å². The van der Waals surface area contributed by atoms with Crippen LogP contribution in [0.4, 0.5) is 0 Å². The molecule has 0 spiro atoms. The Kier molecular flexibility index (Phi) is 6.76. The van der Waals surface area contributed by atoms with Gasteiger partial charge in [-0.3, -0.25) is 0 Å². The van der Waals surface area contributed by atoms with Gasteiger partial charge in [-0.05, 0) is 92.0 Å². The number of para-hydroxylation sites is 1. The van der Waals surface area contributed by atoms with Gasteiger partial charge in [-0.1, -0.05) is 127 Å². The molecule has 9 aromatic carbocycles. The molecule has 3 heterocycles. The highest BCUT2D eigenvalue weighted by Crippen LogP contribution is 2.45. The van der Waals surface area contributed by atoms with E-state index in [0.29, 0.717) is 17.5 Å². The molecule has 260 valence electrons. The van der Waals surface area contributed by atoms with Gasteiger partial charge in [0.25, 0.3) is 0 Å². The molecule has 0 N–H and O–H groups in total. The number of fused-ring (bicyclic) bond motifs is 10. The summed E-state index contributed by atoms with van der Waals surface area (Å²) in [6.07, 6.45) is 0. The maximum atomic E-state index is 6.17. The van der Waals surface area contributed by atoms with Gasteiger partial charge in [-0.15, -0.1) is 11.3 Å². The molecule has 0 unspecified atom stereocenters. The van der Waals surface area contributed by atoms with Crippen LogP contribution in [0, 0.1) is 0 Å². The monoisotopic (exact) mass is 731 g/mol. The molecule has 0 saturated heterocycles. The van der Waals surface area contributed by atoms with E-state index in [-0.39, 0.29) is 0 Å². The molecule has 4 nitrogen and oxygen atoms in total. The van der Waals surface area contributed by atoms with E-state index in [2.05, 4.69) is 127 Å². The van der Waals surface area contributed by atoms with Gasteiger partial charge in [0.15, 0.2) is 17.5 Å². The summed E-state index contributed by atoms with van der Waals surface area (Å²) in [6, 6.07) is 62.3. The summed E-state index contributed by atoms with van der Waals surface area (Å²) >= 11 is 1.81. The topological polar surface area (TPSA) is 51.8 Å². The average Bonchev–Trinajstić information content (AvgIpc) is 3.83. The van der Waals surface area contributed by atoms with Gasteiger partial charge in [0.1, 0.15) is 11.2 Å². The Bertz CT molecular complexity index is 3550. The van der Waals surface area contributed by atoms with Crippen LogP contribution >= 0.6 is 11.3 Å². The zero-order valence-electron chi connectivity index (χ0n) is 29.9. The third-order valence-electron chi connectivity index (χ3n) is 11.1. The maximum absolute atomic E-state index is 6.17. The summed E-state index contributed by atoms with van der Waals surface area (Å²) in [5.74, 6) is 1.89. The number of thiophene rings is 1. The highest BCUT2D eigenvalue weighted by Gasteiger charge is 2.20. The Balaban J connectivity index is 1.10. The summed E-state index contributed by atoms with van der Waals surface area (Å²) in [6.45, 7) is 0. The van der Waals surface area contributed by atoms with Crippen molar-refractivity contribution in [3.05, 3.63) is 176 Å². The molecule has 12 aromatic rings. The predicted molar refractivity (Wildman–Crippen MR) is 234 cm³/mol. The molecular weight excluding hydrogens is 703 g/mol. The average molecular weight is 732 g/mol. The van der Waals surface area contributed by atoms with Gasteiger partial charge in [-0.25, -0.2) is 15.0 Å². The summed E-state index contributed by atoms with van der Waals surface area (Å²) < 4.78 is 8.58. The zero-order chi connectivity index (χ0) is 36.7. The summed E-state index contributed by atoms with van der Waals surface area (Å²) in [5.41, 5.74) is 6.96. The van der Waals surface area contributed by atoms with Crippen molar-refractivity contribution in [2.24, 2.45) is 0 Å². The number of nitrogens with zero attached hydrogens (tertiary/aromatic N) is 3. The molecule has 0 saturated carbocycles. The quantitative estimate of drug-likeness (QED) is 0.134. The number of rotatable bonds is 4. The number of benzene rings is 9. The van der Waals surface area contributed by atoms with Crippen molar-refractivity contribution < 1.29 is 4.42 Å². The van der Waals surface area contributed by atoms with E-state index in [0.717, 1.165) is 44.0 Å². The second-order valence-corrected chi connectivity index (χ2v) is 15.4. The van der Waals surface area contributed by atoms with Crippen LogP contribution in [0.15, 0.2) is 180 Å². The van der Waals surface area contributed by atoms with Gasteiger partial charge < -0.3 is 4.42 Å². The first-order valence-electron chi connectivity index (χ1n) is 18.8. The Hall–Kier alpha value is -7.21. The lowest BCUT2D eigenvalue weighted by atomic mass is 9.89. The van der Waals surface area contributed by atoms with Gasteiger partial charge in [0, 0.05) is 47.6 Å². The SMILES string of the molecule is c1ccc(-c2nc(-c3ccc4oc5ccccc5c4c3)nc(-c3cccc4sc5ccc(-c6c7ccccc7cc7c6ccc6ccccc67)cc5c34)n2)cc1. The molecule has 0 fully saturated rings.